The first kappa shape index (κ1) is 17.3. The van der Waals surface area contributed by atoms with E-state index in [2.05, 4.69) is 10.4 Å². The summed E-state index contributed by atoms with van der Waals surface area (Å²) in [6.07, 6.45) is 3.12. The zero-order chi connectivity index (χ0) is 18.1. The number of aromatic nitrogens is 2. The fourth-order valence-corrected chi connectivity index (χ4v) is 3.70. The highest BCUT2D eigenvalue weighted by Crippen LogP contribution is 2.28. The predicted octanol–water partition coefficient (Wildman–Crippen LogP) is 4.25. The van der Waals surface area contributed by atoms with Gasteiger partial charge in [-0.05, 0) is 42.3 Å². The molecule has 2 aromatic carbocycles. The smallest absolute Gasteiger partial charge is 0.168 e. The van der Waals surface area contributed by atoms with Crippen molar-refractivity contribution in [3.63, 3.8) is 0 Å². The topological polar surface area (TPSA) is 46.9 Å². The molecule has 4 rings (SSSR count). The van der Waals surface area contributed by atoms with Gasteiger partial charge in [0.1, 0.15) is 0 Å². The molecule has 4 nitrogen and oxygen atoms in total. The lowest BCUT2D eigenvalue weighted by molar-refractivity contribution is 0.0993. The second-order valence-electron chi connectivity index (χ2n) is 6.29. The van der Waals surface area contributed by atoms with Gasteiger partial charge in [0.05, 0.1) is 27.6 Å². The van der Waals surface area contributed by atoms with Gasteiger partial charge in [-0.15, -0.1) is 0 Å². The van der Waals surface area contributed by atoms with Crippen LogP contribution in [0.3, 0.4) is 0 Å². The number of hydrogen-bond donors (Lipinski definition) is 1. The van der Waals surface area contributed by atoms with Crippen molar-refractivity contribution in [3.05, 3.63) is 81.1 Å². The molecule has 1 aromatic heterocycles. The molecule has 1 aliphatic heterocycles. The SMILES string of the molecule is O=C(Cc1ccccc1-n1ncc2c1CNCC2)c1cccc(Cl)c1Cl. The summed E-state index contributed by atoms with van der Waals surface area (Å²) in [4.78, 5) is 12.8. The van der Waals surface area contributed by atoms with E-state index in [1.807, 2.05) is 35.1 Å². The Kier molecular flexibility index (Phi) is 4.81. The third-order valence-electron chi connectivity index (χ3n) is 4.64. The van der Waals surface area contributed by atoms with Crippen LogP contribution in [0.4, 0.5) is 0 Å². The zero-order valence-electron chi connectivity index (χ0n) is 14.0. The molecule has 3 aromatic rings. The van der Waals surface area contributed by atoms with Crippen molar-refractivity contribution >= 4 is 29.0 Å². The quantitative estimate of drug-likeness (QED) is 0.682. The third kappa shape index (κ3) is 3.16. The molecule has 6 heteroatoms. The number of Topliss-reactive ketones (excluding diaryl/α,β-unsaturated/α-hetero) is 1. The van der Waals surface area contributed by atoms with E-state index in [1.54, 1.807) is 18.2 Å². The van der Waals surface area contributed by atoms with Gasteiger partial charge in [0.15, 0.2) is 5.78 Å². The van der Waals surface area contributed by atoms with Gasteiger partial charge in [-0.1, -0.05) is 47.5 Å². The highest BCUT2D eigenvalue weighted by molar-refractivity contribution is 6.43. The normalized spacial score (nSPS) is 13.5. The summed E-state index contributed by atoms with van der Waals surface area (Å²) >= 11 is 12.3. The number of benzene rings is 2. The first-order valence-electron chi connectivity index (χ1n) is 8.47. The minimum atomic E-state index is -0.0656. The number of halogens is 2. The number of rotatable bonds is 4. The second-order valence-corrected chi connectivity index (χ2v) is 7.07. The van der Waals surface area contributed by atoms with Gasteiger partial charge in [-0.2, -0.15) is 5.10 Å². The third-order valence-corrected chi connectivity index (χ3v) is 5.46. The molecule has 132 valence electrons. The van der Waals surface area contributed by atoms with E-state index in [0.717, 1.165) is 36.5 Å². The Balaban J connectivity index is 1.70. The Morgan fingerprint density at radius 1 is 1.15 bits per heavy atom. The van der Waals surface area contributed by atoms with Gasteiger partial charge in [0.25, 0.3) is 0 Å². The number of nitrogens with one attached hydrogen (secondary N) is 1. The van der Waals surface area contributed by atoms with Crippen LogP contribution >= 0.6 is 23.2 Å². The van der Waals surface area contributed by atoms with Crippen LogP contribution in [0, 0.1) is 0 Å². The van der Waals surface area contributed by atoms with Crippen molar-refractivity contribution in [2.24, 2.45) is 0 Å². The van der Waals surface area contributed by atoms with E-state index < -0.39 is 0 Å². The van der Waals surface area contributed by atoms with Crippen LogP contribution in [0.2, 0.25) is 10.0 Å². The average Bonchev–Trinajstić information content (AvgIpc) is 3.08. The summed E-state index contributed by atoms with van der Waals surface area (Å²) < 4.78 is 1.93. The molecule has 0 bridgehead atoms. The summed E-state index contributed by atoms with van der Waals surface area (Å²) in [6.45, 7) is 1.74. The fraction of sp³-hybridized carbons (Fsp3) is 0.200. The van der Waals surface area contributed by atoms with Crippen molar-refractivity contribution in [3.8, 4) is 5.69 Å². The summed E-state index contributed by atoms with van der Waals surface area (Å²) in [7, 11) is 0. The molecule has 0 atom stereocenters. The Hall–Kier alpha value is -2.14. The first-order valence-corrected chi connectivity index (χ1v) is 9.22. The summed E-state index contributed by atoms with van der Waals surface area (Å²) in [6, 6.07) is 13.0. The van der Waals surface area contributed by atoms with E-state index in [9.17, 15) is 4.79 Å². The van der Waals surface area contributed by atoms with E-state index in [4.69, 9.17) is 23.2 Å². The molecule has 0 spiro atoms. The summed E-state index contributed by atoms with van der Waals surface area (Å²) in [5, 5.41) is 8.63. The maximum Gasteiger partial charge on any atom is 0.168 e. The van der Waals surface area contributed by atoms with E-state index in [-0.39, 0.29) is 12.2 Å². The molecule has 2 heterocycles. The van der Waals surface area contributed by atoms with Crippen LogP contribution in [-0.4, -0.2) is 22.1 Å². The number of fused-ring (bicyclic) bond motifs is 1. The molecule has 0 radical (unpaired) electrons. The van der Waals surface area contributed by atoms with Crippen LogP contribution < -0.4 is 5.32 Å². The molecule has 0 amide bonds. The van der Waals surface area contributed by atoms with Gasteiger partial charge in [-0.3, -0.25) is 4.79 Å². The Morgan fingerprint density at radius 3 is 2.88 bits per heavy atom. The standard InChI is InChI=1S/C20H17Cl2N3O/c21-16-6-3-5-15(20(16)22)19(26)10-13-4-1-2-7-17(13)25-18-12-23-9-8-14(18)11-24-25/h1-7,11,23H,8-10,12H2. The number of carbonyl (C=O) groups is 1. The van der Waals surface area contributed by atoms with Crippen LogP contribution in [0.1, 0.15) is 27.2 Å². The largest absolute Gasteiger partial charge is 0.311 e. The van der Waals surface area contributed by atoms with Gasteiger partial charge in [0, 0.05) is 18.5 Å². The molecule has 0 fully saturated rings. The Labute approximate surface area is 161 Å². The maximum atomic E-state index is 12.8. The summed E-state index contributed by atoms with van der Waals surface area (Å²) in [5.41, 5.74) is 4.67. The van der Waals surface area contributed by atoms with Crippen LogP contribution in [-0.2, 0) is 19.4 Å². The molecule has 1 N–H and O–H groups in total. The highest BCUT2D eigenvalue weighted by Gasteiger charge is 2.19. The van der Waals surface area contributed by atoms with Gasteiger partial charge < -0.3 is 5.32 Å². The number of nitrogens with zero attached hydrogens (tertiary/aromatic N) is 2. The zero-order valence-corrected chi connectivity index (χ0v) is 15.5. The van der Waals surface area contributed by atoms with Crippen LogP contribution in [0.25, 0.3) is 5.69 Å². The molecule has 26 heavy (non-hydrogen) atoms. The van der Waals surface area contributed by atoms with E-state index in [1.165, 1.54) is 5.56 Å². The second kappa shape index (κ2) is 7.23. The number of para-hydroxylation sites is 1. The maximum absolute atomic E-state index is 12.8. The Bertz CT molecular complexity index is 981. The molecule has 0 saturated carbocycles. The van der Waals surface area contributed by atoms with Gasteiger partial charge >= 0.3 is 0 Å². The van der Waals surface area contributed by atoms with Crippen molar-refractivity contribution in [2.75, 3.05) is 6.54 Å². The van der Waals surface area contributed by atoms with Crippen molar-refractivity contribution < 1.29 is 4.79 Å². The fourth-order valence-electron chi connectivity index (χ4n) is 3.30. The first-order chi connectivity index (χ1) is 12.6. The Morgan fingerprint density at radius 2 is 2.00 bits per heavy atom. The lowest BCUT2D eigenvalue weighted by Crippen LogP contribution is -2.25. The van der Waals surface area contributed by atoms with Crippen molar-refractivity contribution in [1.82, 2.24) is 15.1 Å². The molecular weight excluding hydrogens is 369 g/mol. The molecular formula is C20H17Cl2N3O. The van der Waals surface area contributed by atoms with Gasteiger partial charge in [-0.25, -0.2) is 4.68 Å². The highest BCUT2D eigenvalue weighted by atomic mass is 35.5. The lowest BCUT2D eigenvalue weighted by Gasteiger charge is -2.17. The van der Waals surface area contributed by atoms with Gasteiger partial charge in [0.2, 0.25) is 0 Å². The molecule has 0 aliphatic carbocycles. The number of ketones is 1. The number of carbonyl (C=O) groups excluding carboxylic acids is 1. The number of hydrogen-bond acceptors (Lipinski definition) is 3. The molecule has 1 aliphatic rings. The minimum Gasteiger partial charge on any atom is -0.311 e. The van der Waals surface area contributed by atoms with Crippen molar-refractivity contribution in [2.45, 2.75) is 19.4 Å². The molecule has 0 saturated heterocycles. The summed E-state index contributed by atoms with van der Waals surface area (Å²) in [5.74, 6) is -0.0656. The lowest BCUT2D eigenvalue weighted by atomic mass is 10.0. The minimum absolute atomic E-state index is 0.0656. The average molecular weight is 386 g/mol. The monoisotopic (exact) mass is 385 g/mol. The molecule has 0 unspecified atom stereocenters. The van der Waals surface area contributed by atoms with Crippen LogP contribution in [0.15, 0.2) is 48.7 Å². The van der Waals surface area contributed by atoms with E-state index >= 15 is 0 Å². The van der Waals surface area contributed by atoms with E-state index in [0.29, 0.717) is 15.6 Å². The predicted molar refractivity (Wildman–Crippen MR) is 103 cm³/mol. The van der Waals surface area contributed by atoms with Crippen LogP contribution in [0.5, 0.6) is 0 Å². The van der Waals surface area contributed by atoms with Crippen molar-refractivity contribution in [1.29, 1.82) is 0 Å².